The number of rotatable bonds is 5. The first-order valence-electron chi connectivity index (χ1n) is 6.31. The van der Waals surface area contributed by atoms with Crippen molar-refractivity contribution >= 4 is 29.6 Å². The van der Waals surface area contributed by atoms with Gasteiger partial charge in [-0.1, -0.05) is 11.6 Å². The summed E-state index contributed by atoms with van der Waals surface area (Å²) >= 11 is 6.02. The number of ether oxygens (including phenoxy) is 3. The van der Waals surface area contributed by atoms with Crippen LogP contribution in [-0.2, 0) is 14.3 Å². The number of fused-ring (bicyclic) bond motifs is 1. The summed E-state index contributed by atoms with van der Waals surface area (Å²) in [5.74, 6) is -0.321. The van der Waals surface area contributed by atoms with E-state index in [1.54, 1.807) is 12.1 Å². The number of aliphatic hydroxyl groups is 1. The van der Waals surface area contributed by atoms with E-state index >= 15 is 0 Å². The molecule has 2 rings (SSSR count). The molecule has 1 atom stereocenters. The minimum absolute atomic E-state index is 0.0972. The summed E-state index contributed by atoms with van der Waals surface area (Å²) in [7, 11) is 1.17. The molecule has 1 amide bonds. The molecule has 0 aliphatic carbocycles. The van der Waals surface area contributed by atoms with Gasteiger partial charge < -0.3 is 24.6 Å². The summed E-state index contributed by atoms with van der Waals surface area (Å²) in [6.07, 6.45) is 2.70. The van der Waals surface area contributed by atoms with Crippen molar-refractivity contribution in [2.75, 3.05) is 20.5 Å². The van der Waals surface area contributed by atoms with Gasteiger partial charge >= 0.3 is 5.97 Å². The number of aliphatic hydroxyl groups excluding tert-OH is 1. The average molecular weight is 328 g/mol. The van der Waals surface area contributed by atoms with Crippen LogP contribution in [0, 0.1) is 0 Å². The maximum Gasteiger partial charge on any atom is 0.330 e. The van der Waals surface area contributed by atoms with Crippen molar-refractivity contribution in [3.63, 3.8) is 0 Å². The van der Waals surface area contributed by atoms with Crippen LogP contribution in [0.1, 0.15) is 5.56 Å². The molecule has 0 bridgehead atoms. The van der Waals surface area contributed by atoms with Gasteiger partial charge in [-0.3, -0.25) is 4.79 Å². The molecule has 2 N–H and O–H groups in total. The van der Waals surface area contributed by atoms with E-state index in [1.807, 2.05) is 0 Å². The van der Waals surface area contributed by atoms with Gasteiger partial charge in [-0.05, 0) is 23.8 Å². The summed E-state index contributed by atoms with van der Waals surface area (Å²) in [6.45, 7) is -0.456. The molecule has 8 heteroatoms. The molecule has 1 aromatic carbocycles. The summed E-state index contributed by atoms with van der Waals surface area (Å²) in [5.41, 5.74) is 0.628. The molecule has 0 fully saturated rings. The largest absolute Gasteiger partial charge is 0.467 e. The van der Waals surface area contributed by atoms with Gasteiger partial charge in [-0.25, -0.2) is 4.79 Å². The number of carbonyl (C=O) groups excluding carboxylic acids is 2. The molecule has 0 saturated heterocycles. The second-order valence-electron chi connectivity index (χ2n) is 4.34. The zero-order chi connectivity index (χ0) is 16.1. The Bertz CT molecular complexity index is 616. The fraction of sp³-hybridized carbons (Fsp3) is 0.286. The average Bonchev–Trinajstić information content (AvgIpc) is 2.98. The number of esters is 1. The van der Waals surface area contributed by atoms with Crippen LogP contribution >= 0.6 is 11.6 Å². The quantitative estimate of drug-likeness (QED) is 0.611. The van der Waals surface area contributed by atoms with Gasteiger partial charge in [0.25, 0.3) is 0 Å². The number of halogens is 1. The molecular weight excluding hydrogens is 314 g/mol. The summed E-state index contributed by atoms with van der Waals surface area (Å²) in [4.78, 5) is 23.0. The fourth-order valence-electron chi connectivity index (χ4n) is 1.80. The first-order valence-corrected chi connectivity index (χ1v) is 6.69. The number of nitrogens with one attached hydrogen (secondary N) is 1. The highest BCUT2D eigenvalue weighted by molar-refractivity contribution is 6.32. The zero-order valence-electron chi connectivity index (χ0n) is 11.7. The van der Waals surface area contributed by atoms with Crippen LogP contribution < -0.4 is 14.8 Å². The Morgan fingerprint density at radius 3 is 2.95 bits per heavy atom. The molecule has 0 radical (unpaired) electrons. The van der Waals surface area contributed by atoms with E-state index in [0.29, 0.717) is 22.1 Å². The number of methoxy groups -OCH3 is 1. The van der Waals surface area contributed by atoms with Crippen LogP contribution in [0.2, 0.25) is 5.02 Å². The lowest BCUT2D eigenvalue weighted by atomic mass is 10.2. The number of carbonyl (C=O) groups is 2. The molecule has 0 unspecified atom stereocenters. The maximum absolute atomic E-state index is 11.7. The van der Waals surface area contributed by atoms with E-state index in [1.165, 1.54) is 19.3 Å². The van der Waals surface area contributed by atoms with Crippen molar-refractivity contribution in [3.8, 4) is 11.5 Å². The Balaban J connectivity index is 2.04. The summed E-state index contributed by atoms with van der Waals surface area (Å²) in [5, 5.41) is 11.7. The minimum Gasteiger partial charge on any atom is -0.467 e. The first kappa shape index (κ1) is 16.1. The highest BCUT2D eigenvalue weighted by Gasteiger charge is 2.20. The number of hydrogen-bond donors (Lipinski definition) is 2. The van der Waals surface area contributed by atoms with Crippen LogP contribution in [0.4, 0.5) is 0 Å². The Hall–Kier alpha value is -2.25. The molecular formula is C14H14ClNO6. The molecule has 0 saturated carbocycles. The monoisotopic (exact) mass is 327 g/mol. The Labute approximate surface area is 131 Å². The fourth-order valence-corrected chi connectivity index (χ4v) is 2.07. The van der Waals surface area contributed by atoms with Gasteiger partial charge in [0.2, 0.25) is 12.7 Å². The van der Waals surface area contributed by atoms with Crippen LogP contribution in [0.5, 0.6) is 11.5 Å². The first-order chi connectivity index (χ1) is 10.5. The van der Waals surface area contributed by atoms with Crippen molar-refractivity contribution < 1.29 is 28.9 Å². The molecule has 1 heterocycles. The van der Waals surface area contributed by atoms with E-state index < -0.39 is 24.5 Å². The van der Waals surface area contributed by atoms with E-state index in [4.69, 9.17) is 26.2 Å². The normalized spacial score (nSPS) is 14.0. The van der Waals surface area contributed by atoms with Crippen molar-refractivity contribution in [3.05, 3.63) is 28.8 Å². The van der Waals surface area contributed by atoms with Crippen LogP contribution in [0.25, 0.3) is 6.08 Å². The molecule has 22 heavy (non-hydrogen) atoms. The molecule has 118 valence electrons. The lowest BCUT2D eigenvalue weighted by Gasteiger charge is -2.11. The van der Waals surface area contributed by atoms with Gasteiger partial charge in [0, 0.05) is 6.08 Å². The second-order valence-corrected chi connectivity index (χ2v) is 4.74. The third-order valence-corrected chi connectivity index (χ3v) is 3.14. The van der Waals surface area contributed by atoms with E-state index in [2.05, 4.69) is 10.1 Å². The van der Waals surface area contributed by atoms with Crippen molar-refractivity contribution in [1.29, 1.82) is 0 Å². The third-order valence-electron chi connectivity index (χ3n) is 2.86. The van der Waals surface area contributed by atoms with E-state index in [0.717, 1.165) is 0 Å². The zero-order valence-corrected chi connectivity index (χ0v) is 12.4. The maximum atomic E-state index is 11.7. The van der Waals surface area contributed by atoms with Gasteiger partial charge in [-0.2, -0.15) is 0 Å². The van der Waals surface area contributed by atoms with Crippen molar-refractivity contribution in [2.24, 2.45) is 0 Å². The third kappa shape index (κ3) is 3.69. The van der Waals surface area contributed by atoms with Gasteiger partial charge in [0.1, 0.15) is 0 Å². The SMILES string of the molecule is COC(=O)[C@@H](CO)NC(=O)/C=C/c1cc(Cl)c2c(c1)OCO2. The van der Waals surface area contributed by atoms with Gasteiger partial charge in [0.15, 0.2) is 17.5 Å². The topological polar surface area (TPSA) is 94.1 Å². The molecule has 1 aliphatic rings. The molecule has 7 nitrogen and oxygen atoms in total. The van der Waals surface area contributed by atoms with Gasteiger partial charge in [-0.15, -0.1) is 0 Å². The molecule has 1 aliphatic heterocycles. The minimum atomic E-state index is -1.11. The molecule has 1 aromatic rings. The standard InChI is InChI=1S/C14H14ClNO6/c1-20-14(19)10(6-17)16-12(18)3-2-8-4-9(15)13-11(5-8)21-7-22-13/h2-5,10,17H,6-7H2,1H3,(H,16,18)/b3-2+/t10-/m1/s1. The highest BCUT2D eigenvalue weighted by atomic mass is 35.5. The predicted octanol–water partition coefficient (Wildman–Crippen LogP) is 0.732. The van der Waals surface area contributed by atoms with Crippen LogP contribution in [0.15, 0.2) is 18.2 Å². The summed E-state index contributed by atoms with van der Waals surface area (Å²) < 4.78 is 14.8. The lowest BCUT2D eigenvalue weighted by Crippen LogP contribution is -2.43. The molecule has 0 aromatic heterocycles. The predicted molar refractivity (Wildman–Crippen MR) is 77.6 cm³/mol. The number of benzene rings is 1. The Kier molecular flexibility index (Phi) is 5.24. The lowest BCUT2D eigenvalue weighted by molar-refractivity contribution is -0.145. The number of amides is 1. The smallest absolute Gasteiger partial charge is 0.330 e. The summed E-state index contributed by atoms with van der Waals surface area (Å²) in [6, 6.07) is 2.17. The van der Waals surface area contributed by atoms with Crippen molar-refractivity contribution in [2.45, 2.75) is 6.04 Å². The Morgan fingerprint density at radius 2 is 2.27 bits per heavy atom. The van der Waals surface area contributed by atoms with Crippen molar-refractivity contribution in [1.82, 2.24) is 5.32 Å². The Morgan fingerprint density at radius 1 is 1.50 bits per heavy atom. The molecule has 0 spiro atoms. The highest BCUT2D eigenvalue weighted by Crippen LogP contribution is 2.39. The van der Waals surface area contributed by atoms with Gasteiger partial charge in [0.05, 0.1) is 18.7 Å². The second kappa shape index (κ2) is 7.15. The van der Waals surface area contributed by atoms with Crippen LogP contribution in [-0.4, -0.2) is 43.5 Å². The van der Waals surface area contributed by atoms with E-state index in [9.17, 15) is 9.59 Å². The van der Waals surface area contributed by atoms with Crippen LogP contribution in [0.3, 0.4) is 0 Å². The number of hydrogen-bond acceptors (Lipinski definition) is 6. The van der Waals surface area contributed by atoms with E-state index in [-0.39, 0.29) is 6.79 Å².